The van der Waals surface area contributed by atoms with E-state index in [1.54, 1.807) is 0 Å². The Balaban J connectivity index is 1.70. The van der Waals surface area contributed by atoms with Crippen LogP contribution < -0.4 is 4.74 Å². The van der Waals surface area contributed by atoms with E-state index in [1.807, 2.05) is 30.3 Å². The second kappa shape index (κ2) is 15.0. The van der Waals surface area contributed by atoms with Crippen molar-refractivity contribution in [2.24, 2.45) is 0 Å². The van der Waals surface area contributed by atoms with Crippen LogP contribution in [0, 0.1) is 0 Å². The van der Waals surface area contributed by atoms with Crippen LogP contribution in [0.15, 0.2) is 36.4 Å². The van der Waals surface area contributed by atoms with Gasteiger partial charge in [-0.15, -0.1) is 4.37 Å². The molecule has 3 rings (SSSR count). The third-order valence-corrected chi connectivity index (χ3v) is 7.15. The summed E-state index contributed by atoms with van der Waals surface area (Å²) in [7, 11) is 2.13. The van der Waals surface area contributed by atoms with Crippen molar-refractivity contribution in [3.8, 4) is 5.88 Å². The van der Waals surface area contributed by atoms with Crippen molar-refractivity contribution in [3.05, 3.63) is 47.7 Å². The van der Waals surface area contributed by atoms with Gasteiger partial charge in [0.05, 0.1) is 44.1 Å². The zero-order chi connectivity index (χ0) is 25.6. The Hall–Kier alpha value is -2.45. The first-order valence-electron chi connectivity index (χ1n) is 13.4. The molecule has 1 aliphatic heterocycles. The molecular formula is C28H42N3O4S+. The first-order valence-corrected chi connectivity index (χ1v) is 14.2. The summed E-state index contributed by atoms with van der Waals surface area (Å²) < 4.78 is 27.0. The van der Waals surface area contributed by atoms with Gasteiger partial charge in [-0.1, -0.05) is 76.6 Å². The standard InChI is InChI=1S/C28H42N3O4S/c1-4-6-8-13-20-33-26-25(29-36-30-26)24-18-15-19-31(3,22-24)27(23-16-11-10-12-17-23)35-28(32)34-21-14-9-7-5-2/h10-12,16-18,27H,4-9,13-15,19-22H2,1-3H3/q+1. The number of carbonyl (C=O) groups is 1. The van der Waals surface area contributed by atoms with E-state index in [1.165, 1.54) is 24.6 Å². The Kier molecular flexibility index (Phi) is 11.7. The van der Waals surface area contributed by atoms with Crippen molar-refractivity contribution in [1.82, 2.24) is 8.75 Å². The molecule has 0 aliphatic carbocycles. The summed E-state index contributed by atoms with van der Waals surface area (Å²) in [5, 5.41) is 0. The van der Waals surface area contributed by atoms with E-state index in [4.69, 9.17) is 14.2 Å². The maximum atomic E-state index is 12.7. The largest absolute Gasteiger partial charge is 0.513 e. The Labute approximate surface area is 220 Å². The van der Waals surface area contributed by atoms with Gasteiger partial charge in [-0.2, -0.15) is 4.37 Å². The number of benzene rings is 1. The Morgan fingerprint density at radius 1 is 1.00 bits per heavy atom. The molecule has 0 fully saturated rings. The molecule has 1 aliphatic rings. The third kappa shape index (κ3) is 8.30. The summed E-state index contributed by atoms with van der Waals surface area (Å²) in [4.78, 5) is 12.7. The summed E-state index contributed by atoms with van der Waals surface area (Å²) in [6.45, 7) is 6.89. The molecule has 0 amide bonds. The van der Waals surface area contributed by atoms with Crippen molar-refractivity contribution < 1.29 is 23.5 Å². The van der Waals surface area contributed by atoms with Crippen molar-refractivity contribution in [3.63, 3.8) is 0 Å². The highest BCUT2D eigenvalue weighted by Gasteiger charge is 2.41. The second-order valence-corrected chi connectivity index (χ2v) is 10.3. The summed E-state index contributed by atoms with van der Waals surface area (Å²) in [5.74, 6) is 0.611. The van der Waals surface area contributed by atoms with Gasteiger partial charge in [-0.3, -0.25) is 4.48 Å². The molecule has 0 saturated heterocycles. The molecule has 8 heteroatoms. The molecule has 2 unspecified atom stereocenters. The van der Waals surface area contributed by atoms with E-state index in [0.29, 0.717) is 30.1 Å². The van der Waals surface area contributed by atoms with Gasteiger partial charge in [0.2, 0.25) is 0 Å². The number of rotatable bonds is 15. The van der Waals surface area contributed by atoms with Gasteiger partial charge in [-0.25, -0.2) is 4.79 Å². The lowest BCUT2D eigenvalue weighted by molar-refractivity contribution is -0.953. The molecule has 198 valence electrons. The van der Waals surface area contributed by atoms with Gasteiger partial charge >= 0.3 is 6.16 Å². The predicted octanol–water partition coefficient (Wildman–Crippen LogP) is 7.16. The quantitative estimate of drug-likeness (QED) is 0.142. The number of hydrogen-bond acceptors (Lipinski definition) is 7. The van der Waals surface area contributed by atoms with Crippen molar-refractivity contribution in [1.29, 1.82) is 0 Å². The minimum Gasteiger partial charge on any atom is -0.475 e. The first kappa shape index (κ1) is 28.1. The molecular weight excluding hydrogens is 474 g/mol. The van der Waals surface area contributed by atoms with Crippen molar-refractivity contribution in [2.75, 3.05) is 33.4 Å². The highest BCUT2D eigenvalue weighted by Crippen LogP contribution is 2.37. The van der Waals surface area contributed by atoms with Gasteiger partial charge in [0, 0.05) is 12.0 Å². The molecule has 1 aromatic heterocycles. The van der Waals surface area contributed by atoms with Crippen molar-refractivity contribution in [2.45, 2.75) is 77.9 Å². The summed E-state index contributed by atoms with van der Waals surface area (Å²) in [6, 6.07) is 9.94. The first-order chi connectivity index (χ1) is 17.6. The van der Waals surface area contributed by atoms with Crippen LogP contribution in [0.25, 0.3) is 5.57 Å². The molecule has 7 nitrogen and oxygen atoms in total. The topological polar surface area (TPSA) is 70.5 Å². The molecule has 1 aromatic carbocycles. The molecule has 0 bridgehead atoms. The van der Waals surface area contributed by atoms with E-state index < -0.39 is 12.4 Å². The molecule has 2 atom stereocenters. The Morgan fingerprint density at radius 3 is 2.44 bits per heavy atom. The molecule has 2 heterocycles. The lowest BCUT2D eigenvalue weighted by Crippen LogP contribution is -2.51. The molecule has 0 radical (unpaired) electrons. The SMILES string of the molecule is CCCCCCOC(=O)OC(c1ccccc1)[N+]1(C)CCC=C(c2nsnc2OCCCCCC)C1. The predicted molar refractivity (Wildman–Crippen MR) is 144 cm³/mol. The van der Waals surface area contributed by atoms with Crippen LogP contribution in [0.2, 0.25) is 0 Å². The van der Waals surface area contributed by atoms with Crippen LogP contribution in [0.1, 0.15) is 89.1 Å². The molecule has 0 spiro atoms. The normalized spacial score (nSPS) is 18.4. The highest BCUT2D eigenvalue weighted by molar-refractivity contribution is 6.99. The smallest absolute Gasteiger partial charge is 0.475 e. The van der Waals surface area contributed by atoms with Gasteiger partial charge in [0.15, 0.2) is 0 Å². The molecule has 2 aromatic rings. The average Bonchev–Trinajstić information content (AvgIpc) is 3.36. The molecule has 36 heavy (non-hydrogen) atoms. The summed E-state index contributed by atoms with van der Waals surface area (Å²) in [5.41, 5.74) is 2.84. The lowest BCUT2D eigenvalue weighted by atomic mass is 10.0. The van der Waals surface area contributed by atoms with E-state index in [-0.39, 0.29) is 0 Å². The van der Waals surface area contributed by atoms with E-state index in [0.717, 1.165) is 68.3 Å². The van der Waals surface area contributed by atoms with Crippen LogP contribution in [0.4, 0.5) is 4.79 Å². The average molecular weight is 517 g/mol. The number of nitrogens with zero attached hydrogens (tertiary/aromatic N) is 3. The number of hydrogen-bond donors (Lipinski definition) is 0. The van der Waals surface area contributed by atoms with Gasteiger partial charge < -0.3 is 14.2 Å². The number of ether oxygens (including phenoxy) is 3. The van der Waals surface area contributed by atoms with E-state index in [2.05, 4.69) is 35.7 Å². The van der Waals surface area contributed by atoms with Crippen LogP contribution in [0.3, 0.4) is 0 Å². The number of carbonyl (C=O) groups excluding carboxylic acids is 1. The van der Waals surface area contributed by atoms with E-state index >= 15 is 0 Å². The van der Waals surface area contributed by atoms with Crippen molar-refractivity contribution >= 4 is 23.5 Å². The van der Waals surface area contributed by atoms with Crippen LogP contribution >= 0.6 is 11.7 Å². The van der Waals surface area contributed by atoms with Gasteiger partial charge in [0.25, 0.3) is 12.1 Å². The van der Waals surface area contributed by atoms with Gasteiger partial charge in [-0.05, 0) is 25.0 Å². The number of quaternary nitrogens is 1. The fourth-order valence-corrected chi connectivity index (χ4v) is 5.12. The monoisotopic (exact) mass is 516 g/mol. The van der Waals surface area contributed by atoms with Crippen LogP contribution in [-0.2, 0) is 9.47 Å². The zero-order valence-electron chi connectivity index (χ0n) is 22.1. The fourth-order valence-electron chi connectivity index (χ4n) is 4.59. The summed E-state index contributed by atoms with van der Waals surface area (Å²) >= 11 is 1.18. The van der Waals surface area contributed by atoms with Gasteiger partial charge in [0.1, 0.15) is 12.2 Å². The minimum atomic E-state index is -0.609. The summed E-state index contributed by atoms with van der Waals surface area (Å²) in [6.07, 6.45) is 10.8. The number of aromatic nitrogens is 2. The number of likely N-dealkylation sites (N-methyl/N-ethyl adjacent to an activating group) is 1. The maximum Gasteiger partial charge on any atom is 0.513 e. The highest BCUT2D eigenvalue weighted by atomic mass is 32.1. The van der Waals surface area contributed by atoms with Crippen LogP contribution in [0.5, 0.6) is 5.88 Å². The zero-order valence-corrected chi connectivity index (χ0v) is 22.9. The Morgan fingerprint density at radius 2 is 1.72 bits per heavy atom. The van der Waals surface area contributed by atoms with Crippen LogP contribution in [-0.4, -0.2) is 52.7 Å². The maximum absolute atomic E-state index is 12.7. The van der Waals surface area contributed by atoms with E-state index in [9.17, 15) is 4.79 Å². The second-order valence-electron chi connectivity index (χ2n) is 9.75. The molecule has 0 saturated carbocycles. The third-order valence-electron chi connectivity index (χ3n) is 6.64. The lowest BCUT2D eigenvalue weighted by Gasteiger charge is -2.42. The Bertz CT molecular complexity index is 949. The fraction of sp³-hybridized carbons (Fsp3) is 0.607. The number of unbranched alkanes of at least 4 members (excludes halogenated alkanes) is 6. The minimum absolute atomic E-state index is 0.388. The molecule has 0 N–H and O–H groups in total.